The number of hydrogen-bond acceptors (Lipinski definition) is 4. The minimum absolute atomic E-state index is 0.405. The third kappa shape index (κ3) is 5.03. The second kappa shape index (κ2) is 9.40. The molecule has 4 heteroatoms. The van der Waals surface area contributed by atoms with E-state index < -0.39 is 0 Å². The van der Waals surface area contributed by atoms with Crippen LogP contribution in [0.1, 0.15) is 16.8 Å². The first-order valence-electron chi connectivity index (χ1n) is 9.65. The van der Waals surface area contributed by atoms with Crippen LogP contribution in [-0.4, -0.2) is 4.98 Å². The Morgan fingerprint density at radius 2 is 1.60 bits per heavy atom. The summed E-state index contributed by atoms with van der Waals surface area (Å²) in [5, 5.41) is 9.77. The normalized spacial score (nSPS) is 10.8. The van der Waals surface area contributed by atoms with E-state index in [0.717, 1.165) is 39.2 Å². The number of allylic oxidation sites excluding steroid dienone is 1. The highest BCUT2D eigenvalue weighted by atomic mass is 16.5. The van der Waals surface area contributed by atoms with Gasteiger partial charge < -0.3 is 9.47 Å². The maximum atomic E-state index is 8.65. The molecule has 0 aliphatic carbocycles. The van der Waals surface area contributed by atoms with E-state index in [-0.39, 0.29) is 0 Å². The molecular weight excluding hydrogens is 372 g/mol. The van der Waals surface area contributed by atoms with Crippen molar-refractivity contribution in [2.75, 3.05) is 0 Å². The molecule has 30 heavy (non-hydrogen) atoms. The van der Waals surface area contributed by atoms with Crippen molar-refractivity contribution in [1.29, 1.82) is 5.26 Å². The van der Waals surface area contributed by atoms with Crippen molar-refractivity contribution < 1.29 is 9.47 Å². The van der Waals surface area contributed by atoms with Gasteiger partial charge in [0, 0.05) is 11.5 Å². The Labute approximate surface area is 175 Å². The van der Waals surface area contributed by atoms with Crippen LogP contribution >= 0.6 is 0 Å². The van der Waals surface area contributed by atoms with Gasteiger partial charge in [0.1, 0.15) is 24.7 Å². The summed E-state index contributed by atoms with van der Waals surface area (Å²) in [6.45, 7) is 0.833. The Hall–Kier alpha value is -4.10. The Kier molecular flexibility index (Phi) is 6.02. The van der Waals surface area contributed by atoms with Gasteiger partial charge in [0.2, 0.25) is 0 Å². The summed E-state index contributed by atoms with van der Waals surface area (Å²) in [6, 6.07) is 29.6. The Bertz CT molecular complexity index is 1220. The minimum Gasteiger partial charge on any atom is -0.489 e. The summed E-state index contributed by atoms with van der Waals surface area (Å²) in [5.41, 5.74) is 3.79. The van der Waals surface area contributed by atoms with Gasteiger partial charge in [-0.25, -0.2) is 4.98 Å². The molecular formula is C26H20N2O2. The molecule has 0 atom stereocenters. The number of benzene rings is 3. The summed E-state index contributed by atoms with van der Waals surface area (Å²) in [4.78, 5) is 4.64. The fraction of sp³-hybridized carbons (Fsp3) is 0.0769. The molecule has 4 nitrogen and oxygen atoms in total. The lowest BCUT2D eigenvalue weighted by molar-refractivity contribution is 0.293. The first kappa shape index (κ1) is 19.2. The van der Waals surface area contributed by atoms with Crippen LogP contribution in [0.25, 0.3) is 17.0 Å². The second-order valence-corrected chi connectivity index (χ2v) is 6.75. The topological polar surface area (TPSA) is 55.1 Å². The summed E-state index contributed by atoms with van der Waals surface area (Å²) >= 11 is 0. The van der Waals surface area contributed by atoms with Gasteiger partial charge in [-0.3, -0.25) is 0 Å². The largest absolute Gasteiger partial charge is 0.489 e. The first-order chi connectivity index (χ1) is 14.8. The zero-order chi connectivity index (χ0) is 20.6. The van der Waals surface area contributed by atoms with Gasteiger partial charge in [-0.2, -0.15) is 5.26 Å². The fourth-order valence-corrected chi connectivity index (χ4v) is 3.08. The highest BCUT2D eigenvalue weighted by Crippen LogP contribution is 2.20. The van der Waals surface area contributed by atoms with E-state index in [1.807, 2.05) is 84.9 Å². The number of fused-ring (bicyclic) bond motifs is 1. The summed E-state index contributed by atoms with van der Waals surface area (Å²) in [7, 11) is 0. The Balaban J connectivity index is 1.38. The molecule has 1 heterocycles. The van der Waals surface area contributed by atoms with Gasteiger partial charge in [-0.15, -0.1) is 0 Å². The number of pyridine rings is 1. The molecule has 1 aromatic heterocycles. The highest BCUT2D eigenvalue weighted by Gasteiger charge is 2.02. The monoisotopic (exact) mass is 392 g/mol. The minimum atomic E-state index is 0.405. The van der Waals surface area contributed by atoms with E-state index in [0.29, 0.717) is 13.2 Å². The fourth-order valence-electron chi connectivity index (χ4n) is 3.08. The van der Waals surface area contributed by atoms with Gasteiger partial charge in [0.15, 0.2) is 0 Å². The van der Waals surface area contributed by atoms with Crippen LogP contribution in [0.5, 0.6) is 11.5 Å². The van der Waals surface area contributed by atoms with E-state index in [1.165, 1.54) is 6.08 Å². The predicted molar refractivity (Wildman–Crippen MR) is 118 cm³/mol. The quantitative estimate of drug-likeness (QED) is 0.366. The van der Waals surface area contributed by atoms with E-state index >= 15 is 0 Å². The summed E-state index contributed by atoms with van der Waals surface area (Å²) in [6.07, 6.45) is 3.20. The smallest absolute Gasteiger partial charge is 0.130 e. The van der Waals surface area contributed by atoms with Gasteiger partial charge >= 0.3 is 0 Å². The Morgan fingerprint density at radius 3 is 2.50 bits per heavy atom. The maximum Gasteiger partial charge on any atom is 0.130 e. The zero-order valence-corrected chi connectivity index (χ0v) is 16.4. The molecule has 0 amide bonds. The van der Waals surface area contributed by atoms with Crippen LogP contribution in [0.4, 0.5) is 0 Å². The third-order valence-corrected chi connectivity index (χ3v) is 4.56. The SMILES string of the molecule is N#CC=Cc1cccc(OCc2cccc(OCc3ccc4ccccc4n3)c2)c1. The van der Waals surface area contributed by atoms with Crippen molar-refractivity contribution in [3.63, 3.8) is 0 Å². The van der Waals surface area contributed by atoms with E-state index in [2.05, 4.69) is 11.1 Å². The average Bonchev–Trinajstić information content (AvgIpc) is 2.80. The van der Waals surface area contributed by atoms with Crippen LogP contribution in [-0.2, 0) is 13.2 Å². The van der Waals surface area contributed by atoms with Crippen LogP contribution in [0.15, 0.2) is 91.0 Å². The molecule has 0 aliphatic rings. The first-order valence-corrected chi connectivity index (χ1v) is 9.65. The van der Waals surface area contributed by atoms with Crippen molar-refractivity contribution in [3.05, 3.63) is 108 Å². The number of hydrogen-bond donors (Lipinski definition) is 0. The van der Waals surface area contributed by atoms with Crippen molar-refractivity contribution in [2.45, 2.75) is 13.2 Å². The maximum absolute atomic E-state index is 8.65. The molecule has 0 saturated heterocycles. The lowest BCUT2D eigenvalue weighted by Gasteiger charge is -2.10. The lowest BCUT2D eigenvalue weighted by atomic mass is 10.2. The average molecular weight is 392 g/mol. The molecule has 4 rings (SSSR count). The number of nitriles is 1. The van der Waals surface area contributed by atoms with Gasteiger partial charge in [-0.1, -0.05) is 48.5 Å². The number of nitrogens with zero attached hydrogens (tertiary/aromatic N) is 2. The number of rotatable bonds is 7. The van der Waals surface area contributed by atoms with Crippen molar-refractivity contribution >= 4 is 17.0 Å². The molecule has 0 N–H and O–H groups in total. The van der Waals surface area contributed by atoms with Crippen molar-refractivity contribution in [1.82, 2.24) is 4.98 Å². The molecule has 0 bridgehead atoms. The molecule has 0 fully saturated rings. The summed E-state index contributed by atoms with van der Waals surface area (Å²) < 4.78 is 11.8. The second-order valence-electron chi connectivity index (χ2n) is 6.75. The highest BCUT2D eigenvalue weighted by molar-refractivity contribution is 5.78. The third-order valence-electron chi connectivity index (χ3n) is 4.56. The molecule has 0 aliphatic heterocycles. The van der Waals surface area contributed by atoms with Gasteiger partial charge in [0.25, 0.3) is 0 Å². The van der Waals surface area contributed by atoms with E-state index in [1.54, 1.807) is 6.08 Å². The van der Waals surface area contributed by atoms with Crippen LogP contribution in [0.2, 0.25) is 0 Å². The number of aromatic nitrogens is 1. The lowest BCUT2D eigenvalue weighted by Crippen LogP contribution is -2.00. The molecule has 3 aromatic carbocycles. The van der Waals surface area contributed by atoms with E-state index in [4.69, 9.17) is 14.7 Å². The van der Waals surface area contributed by atoms with Crippen molar-refractivity contribution in [2.24, 2.45) is 0 Å². The van der Waals surface area contributed by atoms with Gasteiger partial charge in [0.05, 0.1) is 17.3 Å². The number of para-hydroxylation sites is 1. The van der Waals surface area contributed by atoms with Gasteiger partial charge in [-0.05, 0) is 53.6 Å². The molecule has 146 valence electrons. The van der Waals surface area contributed by atoms with Crippen LogP contribution < -0.4 is 9.47 Å². The summed E-state index contributed by atoms with van der Waals surface area (Å²) in [5.74, 6) is 1.53. The van der Waals surface area contributed by atoms with E-state index in [9.17, 15) is 0 Å². The number of ether oxygens (including phenoxy) is 2. The van der Waals surface area contributed by atoms with Crippen LogP contribution in [0, 0.1) is 11.3 Å². The standard InChI is InChI=1S/C26H20N2O2/c27-15-5-8-20-6-3-10-24(16-20)29-18-21-7-4-11-25(17-21)30-19-23-14-13-22-9-1-2-12-26(22)28-23/h1-14,16-17H,18-19H2. The zero-order valence-electron chi connectivity index (χ0n) is 16.4. The Morgan fingerprint density at radius 1 is 0.800 bits per heavy atom. The molecule has 0 saturated carbocycles. The van der Waals surface area contributed by atoms with Crippen LogP contribution in [0.3, 0.4) is 0 Å². The molecule has 0 radical (unpaired) electrons. The predicted octanol–water partition coefficient (Wildman–Crippen LogP) is 5.93. The molecule has 4 aromatic rings. The molecule has 0 spiro atoms. The van der Waals surface area contributed by atoms with Crippen molar-refractivity contribution in [3.8, 4) is 17.6 Å². The molecule has 0 unspecified atom stereocenters.